The molecule has 122 valence electrons. The van der Waals surface area contributed by atoms with Gasteiger partial charge in [-0.25, -0.2) is 4.98 Å². The molecule has 6 heteroatoms. The van der Waals surface area contributed by atoms with Crippen LogP contribution in [0.2, 0.25) is 0 Å². The number of amides is 1. The normalized spacial score (nSPS) is 23.7. The quantitative estimate of drug-likeness (QED) is 0.829. The van der Waals surface area contributed by atoms with Gasteiger partial charge in [-0.15, -0.1) is 0 Å². The van der Waals surface area contributed by atoms with Crippen molar-refractivity contribution in [2.45, 2.75) is 25.8 Å². The Morgan fingerprint density at radius 2 is 2.18 bits per heavy atom. The SMILES string of the molecule is Cn1ccnc1CN1CCN(C(=O)C[C@@H]2CCCOC2)CC1. The van der Waals surface area contributed by atoms with Crippen LogP contribution in [-0.2, 0) is 23.1 Å². The van der Waals surface area contributed by atoms with Gasteiger partial charge in [-0.2, -0.15) is 0 Å². The van der Waals surface area contributed by atoms with Crippen LogP contribution in [0.3, 0.4) is 0 Å². The van der Waals surface area contributed by atoms with Crippen molar-refractivity contribution in [1.82, 2.24) is 19.4 Å². The minimum absolute atomic E-state index is 0.298. The van der Waals surface area contributed by atoms with Gasteiger partial charge in [0.05, 0.1) is 6.54 Å². The molecule has 6 nitrogen and oxygen atoms in total. The highest BCUT2D eigenvalue weighted by Crippen LogP contribution is 2.19. The van der Waals surface area contributed by atoms with E-state index in [-0.39, 0.29) is 0 Å². The van der Waals surface area contributed by atoms with Crippen molar-refractivity contribution in [2.24, 2.45) is 13.0 Å². The van der Waals surface area contributed by atoms with Crippen LogP contribution in [0, 0.1) is 5.92 Å². The summed E-state index contributed by atoms with van der Waals surface area (Å²) in [6.07, 6.45) is 6.68. The molecule has 0 radical (unpaired) electrons. The fourth-order valence-corrected chi connectivity index (χ4v) is 3.25. The minimum Gasteiger partial charge on any atom is -0.381 e. The van der Waals surface area contributed by atoms with Crippen molar-refractivity contribution in [3.05, 3.63) is 18.2 Å². The van der Waals surface area contributed by atoms with Crippen LogP contribution in [0.4, 0.5) is 0 Å². The van der Waals surface area contributed by atoms with Crippen molar-refractivity contribution < 1.29 is 9.53 Å². The number of hydrogen-bond acceptors (Lipinski definition) is 4. The van der Waals surface area contributed by atoms with Crippen molar-refractivity contribution in [3.63, 3.8) is 0 Å². The summed E-state index contributed by atoms with van der Waals surface area (Å²) in [4.78, 5) is 21.1. The molecule has 22 heavy (non-hydrogen) atoms. The second kappa shape index (κ2) is 7.24. The van der Waals surface area contributed by atoms with E-state index < -0.39 is 0 Å². The highest BCUT2D eigenvalue weighted by Gasteiger charge is 2.25. The zero-order valence-electron chi connectivity index (χ0n) is 13.4. The molecule has 0 unspecified atom stereocenters. The van der Waals surface area contributed by atoms with Crippen molar-refractivity contribution >= 4 is 5.91 Å². The topological polar surface area (TPSA) is 50.6 Å². The van der Waals surface area contributed by atoms with Gasteiger partial charge in [-0.05, 0) is 18.8 Å². The molecule has 0 bridgehead atoms. The molecule has 2 aliphatic rings. The van der Waals surface area contributed by atoms with E-state index in [9.17, 15) is 4.79 Å². The molecule has 0 N–H and O–H groups in total. The molecule has 1 aromatic rings. The number of aryl methyl sites for hydroxylation is 1. The van der Waals surface area contributed by atoms with E-state index in [4.69, 9.17) is 4.74 Å². The summed E-state index contributed by atoms with van der Waals surface area (Å²) in [6.45, 7) is 6.00. The number of aromatic nitrogens is 2. The molecule has 1 atom stereocenters. The Bertz CT molecular complexity index is 488. The van der Waals surface area contributed by atoms with Gasteiger partial charge >= 0.3 is 0 Å². The first-order chi connectivity index (χ1) is 10.7. The lowest BCUT2D eigenvalue weighted by molar-refractivity contribution is -0.135. The van der Waals surface area contributed by atoms with Crippen LogP contribution < -0.4 is 0 Å². The van der Waals surface area contributed by atoms with E-state index in [1.807, 2.05) is 24.3 Å². The fraction of sp³-hybridized carbons (Fsp3) is 0.750. The predicted octanol–water partition coefficient (Wildman–Crippen LogP) is 0.881. The van der Waals surface area contributed by atoms with Crippen LogP contribution in [-0.4, -0.2) is 64.7 Å². The Morgan fingerprint density at radius 3 is 2.82 bits per heavy atom. The number of rotatable bonds is 4. The maximum atomic E-state index is 12.4. The van der Waals surface area contributed by atoms with Gasteiger partial charge in [0.2, 0.25) is 5.91 Å². The molecule has 0 aliphatic carbocycles. The van der Waals surface area contributed by atoms with Gasteiger partial charge in [0.25, 0.3) is 0 Å². The lowest BCUT2D eigenvalue weighted by Crippen LogP contribution is -2.49. The first-order valence-electron chi connectivity index (χ1n) is 8.26. The summed E-state index contributed by atoms with van der Waals surface area (Å²) in [5.41, 5.74) is 0. The third-order valence-corrected chi connectivity index (χ3v) is 4.73. The Balaban J connectivity index is 1.43. The van der Waals surface area contributed by atoms with Gasteiger partial charge in [0, 0.05) is 65.3 Å². The molecule has 1 aromatic heterocycles. The van der Waals surface area contributed by atoms with Crippen molar-refractivity contribution in [3.8, 4) is 0 Å². The maximum absolute atomic E-state index is 12.4. The second-order valence-corrected chi connectivity index (χ2v) is 6.40. The smallest absolute Gasteiger partial charge is 0.223 e. The first kappa shape index (κ1) is 15.5. The number of piperazine rings is 1. The molecule has 0 saturated carbocycles. The number of nitrogens with zero attached hydrogens (tertiary/aromatic N) is 4. The zero-order chi connectivity index (χ0) is 15.4. The van der Waals surface area contributed by atoms with Crippen LogP contribution in [0.15, 0.2) is 12.4 Å². The third-order valence-electron chi connectivity index (χ3n) is 4.73. The fourth-order valence-electron chi connectivity index (χ4n) is 3.25. The standard InChI is InChI=1S/C16H26N4O2/c1-18-5-4-17-15(18)12-19-6-8-20(9-7-19)16(21)11-14-3-2-10-22-13-14/h4-5,14H,2-3,6-13H2,1H3/t14-/m0/s1. The molecule has 2 aliphatic heterocycles. The van der Waals surface area contributed by atoms with Crippen molar-refractivity contribution in [1.29, 1.82) is 0 Å². The molecular weight excluding hydrogens is 280 g/mol. The van der Waals surface area contributed by atoms with Crippen molar-refractivity contribution in [2.75, 3.05) is 39.4 Å². The number of ether oxygens (including phenoxy) is 1. The molecule has 2 saturated heterocycles. The van der Waals surface area contributed by atoms with E-state index in [0.717, 1.165) is 64.6 Å². The molecule has 1 amide bonds. The molecule has 0 spiro atoms. The number of carbonyl (C=O) groups is 1. The van der Waals surface area contributed by atoms with E-state index >= 15 is 0 Å². The van der Waals surface area contributed by atoms with E-state index in [1.54, 1.807) is 0 Å². The van der Waals surface area contributed by atoms with Gasteiger partial charge in [-0.3, -0.25) is 9.69 Å². The average molecular weight is 306 g/mol. The van der Waals surface area contributed by atoms with E-state index in [0.29, 0.717) is 18.2 Å². The van der Waals surface area contributed by atoms with Crippen LogP contribution in [0.1, 0.15) is 25.1 Å². The van der Waals surface area contributed by atoms with E-state index in [1.165, 1.54) is 0 Å². The minimum atomic E-state index is 0.298. The van der Waals surface area contributed by atoms with Gasteiger partial charge < -0.3 is 14.2 Å². The number of carbonyl (C=O) groups excluding carboxylic acids is 1. The highest BCUT2D eigenvalue weighted by atomic mass is 16.5. The Morgan fingerprint density at radius 1 is 1.36 bits per heavy atom. The zero-order valence-corrected chi connectivity index (χ0v) is 13.4. The van der Waals surface area contributed by atoms with Gasteiger partial charge in [0.1, 0.15) is 5.82 Å². The summed E-state index contributed by atoms with van der Waals surface area (Å²) in [5.74, 6) is 1.80. The molecular formula is C16H26N4O2. The maximum Gasteiger partial charge on any atom is 0.223 e. The molecule has 2 fully saturated rings. The Kier molecular flexibility index (Phi) is 5.10. The number of imidazole rings is 1. The summed E-state index contributed by atoms with van der Waals surface area (Å²) in [7, 11) is 2.02. The van der Waals surface area contributed by atoms with Gasteiger partial charge in [-0.1, -0.05) is 0 Å². The summed E-state index contributed by atoms with van der Waals surface area (Å²) >= 11 is 0. The molecule has 0 aromatic carbocycles. The Hall–Kier alpha value is -1.40. The summed E-state index contributed by atoms with van der Waals surface area (Å²) in [6, 6.07) is 0. The monoisotopic (exact) mass is 306 g/mol. The largest absolute Gasteiger partial charge is 0.381 e. The molecule has 3 heterocycles. The third kappa shape index (κ3) is 3.87. The Labute approximate surface area is 132 Å². The predicted molar refractivity (Wildman–Crippen MR) is 83.2 cm³/mol. The van der Waals surface area contributed by atoms with Crippen LogP contribution in [0.25, 0.3) is 0 Å². The summed E-state index contributed by atoms with van der Waals surface area (Å²) in [5, 5.41) is 0. The average Bonchev–Trinajstić information content (AvgIpc) is 2.94. The number of hydrogen-bond donors (Lipinski definition) is 0. The van der Waals surface area contributed by atoms with Gasteiger partial charge in [0.15, 0.2) is 0 Å². The molecule has 3 rings (SSSR count). The first-order valence-corrected chi connectivity index (χ1v) is 8.26. The lowest BCUT2D eigenvalue weighted by Gasteiger charge is -2.35. The van der Waals surface area contributed by atoms with Crippen LogP contribution in [0.5, 0.6) is 0 Å². The second-order valence-electron chi connectivity index (χ2n) is 6.40. The van der Waals surface area contributed by atoms with Crippen LogP contribution >= 0.6 is 0 Å². The highest BCUT2D eigenvalue weighted by molar-refractivity contribution is 5.76. The summed E-state index contributed by atoms with van der Waals surface area (Å²) < 4.78 is 7.53. The lowest BCUT2D eigenvalue weighted by atomic mass is 9.98. The van der Waals surface area contributed by atoms with E-state index in [2.05, 4.69) is 14.5 Å².